The molecule has 0 saturated carbocycles. The number of carbonyl (C=O) groups is 1. The molecule has 0 spiro atoms. The Balaban J connectivity index is 1.45. The Morgan fingerprint density at radius 1 is 0.875 bits per heavy atom. The summed E-state index contributed by atoms with van der Waals surface area (Å²) in [6.07, 6.45) is 0.612. The molecule has 0 fully saturated rings. The summed E-state index contributed by atoms with van der Waals surface area (Å²) >= 11 is 1.25. The largest absolute Gasteiger partial charge is 0.355 e. The first-order chi connectivity index (χ1) is 15.6. The van der Waals surface area contributed by atoms with E-state index in [9.17, 15) is 13.6 Å². The van der Waals surface area contributed by atoms with Gasteiger partial charge in [-0.15, -0.1) is 10.2 Å². The van der Waals surface area contributed by atoms with Crippen molar-refractivity contribution in [3.8, 4) is 17.1 Å². The molecular formula is C24H20F2N4OS. The summed E-state index contributed by atoms with van der Waals surface area (Å²) in [5.74, 6) is -0.00652. The number of benzene rings is 3. The van der Waals surface area contributed by atoms with Crippen LogP contribution in [0.3, 0.4) is 0 Å². The maximum Gasteiger partial charge on any atom is 0.230 e. The number of rotatable bonds is 8. The Morgan fingerprint density at radius 2 is 1.53 bits per heavy atom. The van der Waals surface area contributed by atoms with E-state index in [-0.39, 0.29) is 23.3 Å². The third kappa shape index (κ3) is 5.39. The SMILES string of the molecule is O=C(CSc1nnc(-c2ccccc2)n1-c1ccc(F)cc1)NCCc1ccc(F)cc1. The molecule has 32 heavy (non-hydrogen) atoms. The zero-order valence-electron chi connectivity index (χ0n) is 17.0. The molecule has 0 saturated heterocycles. The van der Waals surface area contributed by atoms with Crippen LogP contribution in [-0.2, 0) is 11.2 Å². The van der Waals surface area contributed by atoms with Gasteiger partial charge in [0.05, 0.1) is 5.75 Å². The molecule has 0 aliphatic rings. The standard InChI is InChI=1S/C24H20F2N4OS/c25-19-8-6-17(7-9-19)14-15-27-22(31)16-32-24-29-28-23(18-4-2-1-3-5-18)30(24)21-12-10-20(26)11-13-21/h1-13H,14-16H2,(H,27,31). The van der Waals surface area contributed by atoms with Gasteiger partial charge in [0, 0.05) is 17.8 Å². The van der Waals surface area contributed by atoms with Crippen LogP contribution in [0.2, 0.25) is 0 Å². The highest BCUT2D eigenvalue weighted by Crippen LogP contribution is 2.28. The molecule has 5 nitrogen and oxygen atoms in total. The van der Waals surface area contributed by atoms with Crippen LogP contribution in [-0.4, -0.2) is 33.0 Å². The van der Waals surface area contributed by atoms with E-state index >= 15 is 0 Å². The van der Waals surface area contributed by atoms with Gasteiger partial charge in [-0.25, -0.2) is 8.78 Å². The van der Waals surface area contributed by atoms with E-state index in [1.807, 2.05) is 34.9 Å². The Bertz CT molecular complexity index is 1180. The molecule has 0 bridgehead atoms. The smallest absolute Gasteiger partial charge is 0.230 e. The number of nitrogens with zero attached hydrogens (tertiary/aromatic N) is 3. The number of hydrogen-bond donors (Lipinski definition) is 1. The fourth-order valence-electron chi connectivity index (χ4n) is 3.14. The maximum atomic E-state index is 13.4. The van der Waals surface area contributed by atoms with Crippen LogP contribution < -0.4 is 5.32 Å². The number of hydrogen-bond acceptors (Lipinski definition) is 4. The molecule has 0 unspecified atom stereocenters. The predicted molar refractivity (Wildman–Crippen MR) is 121 cm³/mol. The number of halogens is 2. The van der Waals surface area contributed by atoms with Crippen LogP contribution in [0.5, 0.6) is 0 Å². The van der Waals surface area contributed by atoms with Crippen molar-refractivity contribution in [1.82, 2.24) is 20.1 Å². The van der Waals surface area contributed by atoms with Gasteiger partial charge in [0.2, 0.25) is 5.91 Å². The van der Waals surface area contributed by atoms with E-state index < -0.39 is 0 Å². The third-order valence-corrected chi connectivity index (χ3v) is 5.66. The summed E-state index contributed by atoms with van der Waals surface area (Å²) in [5, 5.41) is 12.0. The lowest BCUT2D eigenvalue weighted by atomic mass is 10.1. The van der Waals surface area contributed by atoms with E-state index in [0.717, 1.165) is 11.1 Å². The summed E-state index contributed by atoms with van der Waals surface area (Å²) in [6.45, 7) is 0.449. The highest BCUT2D eigenvalue weighted by Gasteiger charge is 2.17. The van der Waals surface area contributed by atoms with E-state index in [1.165, 1.54) is 36.0 Å². The monoisotopic (exact) mass is 450 g/mol. The van der Waals surface area contributed by atoms with E-state index in [4.69, 9.17) is 0 Å². The van der Waals surface area contributed by atoms with Crippen molar-refractivity contribution < 1.29 is 13.6 Å². The zero-order valence-corrected chi connectivity index (χ0v) is 17.9. The minimum atomic E-state index is -0.335. The molecule has 3 aromatic carbocycles. The molecule has 1 amide bonds. The van der Waals surface area contributed by atoms with Crippen molar-refractivity contribution in [3.63, 3.8) is 0 Å². The molecule has 8 heteroatoms. The van der Waals surface area contributed by atoms with Crippen molar-refractivity contribution in [3.05, 3.63) is 96.1 Å². The van der Waals surface area contributed by atoms with Crippen molar-refractivity contribution in [2.75, 3.05) is 12.3 Å². The molecule has 0 atom stereocenters. The number of thioether (sulfide) groups is 1. The fraction of sp³-hybridized carbons (Fsp3) is 0.125. The maximum absolute atomic E-state index is 13.4. The third-order valence-electron chi connectivity index (χ3n) is 4.73. The second-order valence-corrected chi connectivity index (χ2v) is 7.94. The summed E-state index contributed by atoms with van der Waals surface area (Å²) in [6, 6.07) is 21.8. The molecule has 4 aromatic rings. The summed E-state index contributed by atoms with van der Waals surface area (Å²) in [7, 11) is 0. The van der Waals surface area contributed by atoms with Crippen LogP contribution in [0, 0.1) is 11.6 Å². The number of amides is 1. The first-order valence-corrected chi connectivity index (χ1v) is 11.0. The lowest BCUT2D eigenvalue weighted by Crippen LogP contribution is -2.27. The van der Waals surface area contributed by atoms with Crippen molar-refractivity contribution in [2.45, 2.75) is 11.6 Å². The topological polar surface area (TPSA) is 59.8 Å². The second-order valence-electron chi connectivity index (χ2n) is 7.00. The van der Waals surface area contributed by atoms with Gasteiger partial charge in [0.15, 0.2) is 11.0 Å². The fourth-order valence-corrected chi connectivity index (χ4v) is 3.92. The summed E-state index contributed by atoms with van der Waals surface area (Å²) < 4.78 is 28.2. The van der Waals surface area contributed by atoms with Gasteiger partial charge in [-0.3, -0.25) is 9.36 Å². The Hall–Kier alpha value is -3.52. The van der Waals surface area contributed by atoms with Gasteiger partial charge in [-0.1, -0.05) is 54.2 Å². The minimum absolute atomic E-state index is 0.146. The first-order valence-electron chi connectivity index (χ1n) is 10.0. The summed E-state index contributed by atoms with van der Waals surface area (Å²) in [4.78, 5) is 12.3. The average Bonchev–Trinajstić information content (AvgIpc) is 3.24. The van der Waals surface area contributed by atoms with Gasteiger partial charge in [0.25, 0.3) is 0 Å². The Kier molecular flexibility index (Phi) is 6.91. The van der Waals surface area contributed by atoms with Gasteiger partial charge in [0.1, 0.15) is 11.6 Å². The number of nitrogens with one attached hydrogen (secondary N) is 1. The molecule has 162 valence electrons. The minimum Gasteiger partial charge on any atom is -0.355 e. The van der Waals surface area contributed by atoms with Crippen LogP contribution in [0.1, 0.15) is 5.56 Å². The highest BCUT2D eigenvalue weighted by atomic mass is 32.2. The van der Waals surface area contributed by atoms with Crippen molar-refractivity contribution >= 4 is 17.7 Å². The number of aromatic nitrogens is 3. The lowest BCUT2D eigenvalue weighted by Gasteiger charge is -2.10. The average molecular weight is 451 g/mol. The van der Waals surface area contributed by atoms with Crippen molar-refractivity contribution in [2.24, 2.45) is 0 Å². The van der Waals surface area contributed by atoms with Crippen LogP contribution in [0.15, 0.2) is 84.0 Å². The zero-order chi connectivity index (χ0) is 22.3. The second kappa shape index (κ2) is 10.2. The van der Waals surface area contributed by atoms with Gasteiger partial charge in [-0.05, 0) is 48.4 Å². The Labute approximate surface area is 188 Å². The predicted octanol–water partition coefficient (Wildman–Crippen LogP) is 4.66. The number of carbonyl (C=O) groups excluding carboxylic acids is 1. The van der Waals surface area contributed by atoms with Gasteiger partial charge < -0.3 is 5.32 Å². The van der Waals surface area contributed by atoms with Gasteiger partial charge >= 0.3 is 0 Å². The Morgan fingerprint density at radius 3 is 2.22 bits per heavy atom. The molecule has 1 aromatic heterocycles. The van der Waals surface area contributed by atoms with Crippen LogP contribution >= 0.6 is 11.8 Å². The molecule has 1 N–H and O–H groups in total. The molecule has 1 heterocycles. The summed E-state index contributed by atoms with van der Waals surface area (Å²) in [5.41, 5.74) is 2.51. The van der Waals surface area contributed by atoms with Crippen LogP contribution in [0.4, 0.5) is 8.78 Å². The molecule has 0 aliphatic heterocycles. The van der Waals surface area contributed by atoms with Gasteiger partial charge in [-0.2, -0.15) is 0 Å². The molecular weight excluding hydrogens is 430 g/mol. The quantitative estimate of drug-likeness (QED) is 0.397. The lowest BCUT2D eigenvalue weighted by molar-refractivity contribution is -0.118. The molecule has 0 aliphatic carbocycles. The first kappa shape index (κ1) is 21.7. The van der Waals surface area contributed by atoms with E-state index in [2.05, 4.69) is 15.5 Å². The van der Waals surface area contributed by atoms with E-state index in [1.54, 1.807) is 24.3 Å². The van der Waals surface area contributed by atoms with Crippen LogP contribution in [0.25, 0.3) is 17.1 Å². The molecule has 4 rings (SSSR count). The van der Waals surface area contributed by atoms with E-state index in [0.29, 0.717) is 29.6 Å². The molecule has 0 radical (unpaired) electrons. The normalized spacial score (nSPS) is 10.8. The van der Waals surface area contributed by atoms with Crippen molar-refractivity contribution in [1.29, 1.82) is 0 Å². The highest BCUT2D eigenvalue weighted by molar-refractivity contribution is 7.99.